The maximum Gasteiger partial charge on any atom is 2.00 e. The summed E-state index contributed by atoms with van der Waals surface area (Å²) in [5.41, 5.74) is 3.91. The number of likely N-dealkylation sites (N-methyl/N-ethyl adjacent to an activating group) is 2. The quantitative estimate of drug-likeness (QED) is 0.0797. The van der Waals surface area contributed by atoms with Gasteiger partial charge in [-0.15, -0.1) is 20.5 Å². The molecule has 0 spiro atoms. The van der Waals surface area contributed by atoms with Crippen molar-refractivity contribution in [2.24, 2.45) is 0 Å². The van der Waals surface area contributed by atoms with Crippen LogP contribution in [0.25, 0.3) is 43.6 Å². The Hall–Kier alpha value is -3.15. The number of amidine groups is 1. The van der Waals surface area contributed by atoms with E-state index in [-0.39, 0.29) is 17.1 Å². The van der Waals surface area contributed by atoms with Crippen LogP contribution >= 0.6 is 0 Å². The normalized spacial score (nSPS) is 12.5. The molecular weight excluding hydrogens is 774 g/mol. The molecule has 6 aromatic rings. The van der Waals surface area contributed by atoms with Gasteiger partial charge >= 0.3 is 74.5 Å². The molecule has 251 valence electrons. The molecule has 0 unspecified atom stereocenters. The third-order valence-electron chi connectivity index (χ3n) is 6.11. The standard InChI is InChI=1S/2C12H8N2.C5H10N2Se.2ClHO4.Cu/c2*1-3-9-5-6-10-4-2-8-14-12(10)11(9)13-7-1;1-6-3-4-7(2)5(6)8;2*2-1(3,4)5;/h2*1-8H;3-4H2,1-2H3;2*(H,2,3,4,5);/q;;;;;+2/p-2. The largest absolute Gasteiger partial charge is 2.00 e. The molecule has 1 radical (unpaired) electrons. The first-order valence-electron chi connectivity index (χ1n) is 13.0. The molecule has 2 aromatic carbocycles. The topological polar surface area (TPSA) is 242 Å². The van der Waals surface area contributed by atoms with Crippen LogP contribution < -0.4 is 37.3 Å². The fourth-order valence-electron chi connectivity index (χ4n) is 4.14. The van der Waals surface area contributed by atoms with Crippen molar-refractivity contribution in [3.8, 4) is 0 Å². The fourth-order valence-corrected chi connectivity index (χ4v) is 4.53. The second-order valence-electron chi connectivity index (χ2n) is 9.31. The Labute approximate surface area is 292 Å². The molecule has 18 heteroatoms. The van der Waals surface area contributed by atoms with Gasteiger partial charge in [0.2, 0.25) is 0 Å². The molecule has 0 saturated carbocycles. The minimum Gasteiger partial charge on any atom is -0.254 e. The zero-order valence-corrected chi connectivity index (χ0v) is 28.7. The Morgan fingerprint density at radius 1 is 0.574 bits per heavy atom. The molecule has 0 saturated heterocycles. The first kappa shape index (κ1) is 40.0. The second-order valence-corrected chi connectivity index (χ2v) is 11.6. The van der Waals surface area contributed by atoms with Crippen LogP contribution in [0.3, 0.4) is 0 Å². The number of benzene rings is 2. The van der Waals surface area contributed by atoms with Gasteiger partial charge in [0.1, 0.15) is 0 Å². The van der Waals surface area contributed by atoms with Crippen LogP contribution in [0.15, 0.2) is 97.6 Å². The van der Waals surface area contributed by atoms with Gasteiger partial charge in [-0.05, 0) is 24.3 Å². The van der Waals surface area contributed by atoms with E-state index in [1.54, 1.807) is 24.8 Å². The summed E-state index contributed by atoms with van der Waals surface area (Å²) >= 11 is 3.01. The van der Waals surface area contributed by atoms with Crippen molar-refractivity contribution in [2.75, 3.05) is 27.2 Å². The summed E-state index contributed by atoms with van der Waals surface area (Å²) < 4.78 is 71.4. The molecule has 14 nitrogen and oxygen atoms in total. The van der Waals surface area contributed by atoms with Gasteiger partial charge in [-0.2, -0.15) is 0 Å². The molecule has 47 heavy (non-hydrogen) atoms. The molecular formula is C29H26Cl2CuN6O8Se. The number of hydrogen-bond acceptors (Lipinski definition) is 13. The van der Waals surface area contributed by atoms with E-state index in [1.165, 1.54) is 4.73 Å². The van der Waals surface area contributed by atoms with E-state index in [4.69, 9.17) is 37.3 Å². The molecule has 5 heterocycles. The Kier molecular flexibility index (Phi) is 15.7. The van der Waals surface area contributed by atoms with E-state index in [1.807, 2.05) is 24.3 Å². The third-order valence-corrected chi connectivity index (χ3v) is 7.42. The van der Waals surface area contributed by atoms with Gasteiger partial charge in [-0.3, -0.25) is 19.9 Å². The van der Waals surface area contributed by atoms with Crippen molar-refractivity contribution in [1.82, 2.24) is 24.8 Å². The molecule has 7 rings (SSSR count). The van der Waals surface area contributed by atoms with Crippen LogP contribution in [0.4, 0.5) is 0 Å². The summed E-state index contributed by atoms with van der Waals surface area (Å²) in [5.74, 6) is 0. The maximum atomic E-state index is 8.49. The molecule has 0 amide bonds. The summed E-state index contributed by atoms with van der Waals surface area (Å²) in [5, 5.41) is 4.55. The van der Waals surface area contributed by atoms with E-state index in [0.29, 0.717) is 0 Å². The SMILES string of the molecule is CN1CC[N+](C)=C1[Se-].[Cu+2].[O-][Cl+3]([O-])([O-])[O-].[O-][Cl+3]([O-])([O-])[O-].c1cnc2c(c1)ccc1cccnc12.c1cnc2c(c1)ccc1cccnc12. The van der Waals surface area contributed by atoms with Crippen molar-refractivity contribution < 1.29 is 79.4 Å². The fraction of sp³-hybridized carbons (Fsp3) is 0.138. The second kappa shape index (κ2) is 18.4. The Morgan fingerprint density at radius 3 is 1.00 bits per heavy atom. The molecule has 0 atom stereocenters. The number of rotatable bonds is 0. The van der Waals surface area contributed by atoms with E-state index < -0.39 is 20.5 Å². The molecule has 1 aliphatic heterocycles. The minimum absolute atomic E-state index is 0. The zero-order valence-electron chi connectivity index (χ0n) is 24.6. The number of halogens is 2. The van der Waals surface area contributed by atoms with Crippen molar-refractivity contribution in [3.05, 3.63) is 97.6 Å². The van der Waals surface area contributed by atoms with E-state index in [2.05, 4.69) is 108 Å². The van der Waals surface area contributed by atoms with E-state index in [0.717, 1.165) is 56.7 Å². The summed E-state index contributed by atoms with van der Waals surface area (Å²) in [6.45, 7) is 2.30. The van der Waals surface area contributed by atoms with E-state index in [9.17, 15) is 0 Å². The Balaban J connectivity index is 0.000000218. The molecule has 0 bridgehead atoms. The van der Waals surface area contributed by atoms with Crippen LogP contribution in [0.2, 0.25) is 0 Å². The molecule has 4 aromatic heterocycles. The van der Waals surface area contributed by atoms with Crippen molar-refractivity contribution in [1.29, 1.82) is 0 Å². The number of fused-ring (bicyclic) bond motifs is 6. The van der Waals surface area contributed by atoms with Crippen molar-refractivity contribution >= 4 is 64.4 Å². The summed E-state index contributed by atoms with van der Waals surface area (Å²) in [6.07, 6.45) is 7.21. The average molecular weight is 800 g/mol. The molecule has 1 aliphatic rings. The van der Waals surface area contributed by atoms with Crippen LogP contribution in [0, 0.1) is 20.5 Å². The number of hydrogen-bond donors (Lipinski definition) is 0. The minimum atomic E-state index is -4.94. The first-order chi connectivity index (χ1) is 21.6. The van der Waals surface area contributed by atoms with Gasteiger partial charge in [0.15, 0.2) is 0 Å². The predicted molar refractivity (Wildman–Crippen MR) is 149 cm³/mol. The third kappa shape index (κ3) is 13.9. The average Bonchev–Trinajstić information content (AvgIpc) is 3.30. The van der Waals surface area contributed by atoms with E-state index >= 15 is 0 Å². The number of aromatic nitrogens is 4. The van der Waals surface area contributed by atoms with Crippen molar-refractivity contribution in [3.63, 3.8) is 0 Å². The Morgan fingerprint density at radius 2 is 0.830 bits per heavy atom. The van der Waals surface area contributed by atoms with Crippen LogP contribution in [0.5, 0.6) is 0 Å². The van der Waals surface area contributed by atoms with Gasteiger partial charge in [-0.1, -0.05) is 48.5 Å². The predicted octanol–water partition coefficient (Wildman–Crippen LogP) is -4.85. The van der Waals surface area contributed by atoms with Crippen LogP contribution in [-0.2, 0) is 17.1 Å². The van der Waals surface area contributed by atoms with Gasteiger partial charge in [0.25, 0.3) is 0 Å². The number of nitrogens with zero attached hydrogens (tertiary/aromatic N) is 6. The van der Waals surface area contributed by atoms with Gasteiger partial charge in [0, 0.05) is 46.3 Å². The van der Waals surface area contributed by atoms with Gasteiger partial charge < -0.3 is 0 Å². The summed E-state index contributed by atoms with van der Waals surface area (Å²) in [7, 11) is -5.70. The van der Waals surface area contributed by atoms with Gasteiger partial charge in [0.05, 0.1) is 22.1 Å². The van der Waals surface area contributed by atoms with Gasteiger partial charge in [-0.25, -0.2) is 37.3 Å². The van der Waals surface area contributed by atoms with Crippen molar-refractivity contribution in [2.45, 2.75) is 0 Å². The molecule has 0 aliphatic carbocycles. The monoisotopic (exact) mass is 799 g/mol. The number of pyridine rings is 4. The summed E-state index contributed by atoms with van der Waals surface area (Å²) in [6, 6.07) is 24.3. The smallest absolute Gasteiger partial charge is 0.254 e. The Bertz CT molecular complexity index is 1690. The first-order valence-corrected chi connectivity index (χ1v) is 16.3. The van der Waals surface area contributed by atoms with Crippen LogP contribution in [0.1, 0.15) is 0 Å². The zero-order chi connectivity index (χ0) is 33.9. The molecule has 0 fully saturated rings. The molecule has 0 N–H and O–H groups in total. The van der Waals surface area contributed by atoms with Crippen LogP contribution in [-0.4, -0.2) is 77.3 Å². The maximum absolute atomic E-state index is 8.49. The summed E-state index contributed by atoms with van der Waals surface area (Å²) in [4.78, 5) is 19.6.